The summed E-state index contributed by atoms with van der Waals surface area (Å²) in [5, 5.41) is 9.67. The second-order valence-corrected chi connectivity index (χ2v) is 6.25. The molecule has 1 N–H and O–H groups in total. The van der Waals surface area contributed by atoms with Gasteiger partial charge >= 0.3 is 0 Å². The Morgan fingerprint density at radius 3 is 2.09 bits per heavy atom. The quantitative estimate of drug-likeness (QED) is 0.720. The highest BCUT2D eigenvalue weighted by molar-refractivity contribution is 5.32. The van der Waals surface area contributed by atoms with Gasteiger partial charge in [0.1, 0.15) is 5.76 Å². The van der Waals surface area contributed by atoms with Crippen LogP contribution in [0.4, 0.5) is 0 Å². The van der Waals surface area contributed by atoms with E-state index in [0.29, 0.717) is 23.5 Å². The van der Waals surface area contributed by atoms with E-state index >= 15 is 0 Å². The topological polar surface area (TPSA) is 20.2 Å². The van der Waals surface area contributed by atoms with Crippen molar-refractivity contribution in [3.8, 4) is 0 Å². The summed E-state index contributed by atoms with van der Waals surface area (Å²) in [6.07, 6.45) is 7.97. The van der Waals surface area contributed by atoms with Gasteiger partial charge in [-0.1, -0.05) is 73.7 Å². The van der Waals surface area contributed by atoms with Crippen LogP contribution < -0.4 is 0 Å². The van der Waals surface area contributed by atoms with Gasteiger partial charge in [0.05, 0.1) is 0 Å². The van der Waals surface area contributed by atoms with Crippen molar-refractivity contribution in [2.45, 2.75) is 31.6 Å². The fourth-order valence-corrected chi connectivity index (χ4v) is 3.74. The predicted molar refractivity (Wildman–Crippen MR) is 96.6 cm³/mol. The molecule has 1 aliphatic rings. The lowest BCUT2D eigenvalue weighted by Gasteiger charge is -2.33. The summed E-state index contributed by atoms with van der Waals surface area (Å²) >= 11 is 0. The van der Waals surface area contributed by atoms with E-state index in [1.54, 1.807) is 0 Å². The zero-order valence-corrected chi connectivity index (χ0v) is 13.6. The van der Waals surface area contributed by atoms with Crippen LogP contribution in [-0.2, 0) is 0 Å². The lowest BCUT2D eigenvalue weighted by Crippen LogP contribution is -2.20. The second-order valence-electron chi connectivity index (χ2n) is 6.25. The average Bonchev–Trinajstić information content (AvgIpc) is 2.62. The van der Waals surface area contributed by atoms with Crippen LogP contribution in [0.3, 0.4) is 0 Å². The summed E-state index contributed by atoms with van der Waals surface area (Å²) < 4.78 is 0. The van der Waals surface area contributed by atoms with Crippen LogP contribution in [0.1, 0.15) is 42.7 Å². The molecule has 0 heterocycles. The van der Waals surface area contributed by atoms with Crippen LogP contribution in [0.2, 0.25) is 0 Å². The fraction of sp³-hybridized carbons (Fsp3) is 0.273. The molecule has 3 rings (SSSR count). The van der Waals surface area contributed by atoms with Crippen LogP contribution in [0, 0.1) is 5.92 Å². The molecule has 0 aliphatic heterocycles. The number of hydrogen-bond acceptors (Lipinski definition) is 1. The van der Waals surface area contributed by atoms with E-state index in [1.807, 2.05) is 12.2 Å². The Bertz CT molecular complexity index is 670. The van der Waals surface area contributed by atoms with Gasteiger partial charge in [-0.3, -0.25) is 0 Å². The van der Waals surface area contributed by atoms with Crippen molar-refractivity contribution in [2.75, 3.05) is 0 Å². The number of aliphatic hydroxyl groups is 1. The van der Waals surface area contributed by atoms with Crippen molar-refractivity contribution in [3.05, 3.63) is 95.8 Å². The molecule has 0 saturated heterocycles. The number of rotatable bonds is 5. The minimum atomic E-state index is 0.390. The summed E-state index contributed by atoms with van der Waals surface area (Å²) in [5.41, 5.74) is 2.78. The van der Waals surface area contributed by atoms with Gasteiger partial charge in [-0.05, 0) is 53.9 Å². The van der Waals surface area contributed by atoms with Crippen molar-refractivity contribution < 1.29 is 5.11 Å². The van der Waals surface area contributed by atoms with E-state index < -0.39 is 0 Å². The molecular formula is C22H24O. The summed E-state index contributed by atoms with van der Waals surface area (Å²) in [6.45, 7) is 2.27. The minimum absolute atomic E-state index is 0.390. The first-order valence-electron chi connectivity index (χ1n) is 8.46. The van der Waals surface area contributed by atoms with Crippen LogP contribution in [0.15, 0.2) is 84.7 Å². The Balaban J connectivity index is 1.99. The van der Waals surface area contributed by atoms with E-state index in [9.17, 15) is 5.11 Å². The Labute approximate surface area is 139 Å². The van der Waals surface area contributed by atoms with Gasteiger partial charge in [0.25, 0.3) is 0 Å². The minimum Gasteiger partial charge on any atom is -0.508 e. The molecule has 2 aromatic rings. The smallest absolute Gasteiger partial charge is 0.111 e. The van der Waals surface area contributed by atoms with E-state index in [-0.39, 0.29) is 0 Å². The first-order chi connectivity index (χ1) is 11.3. The first-order valence-corrected chi connectivity index (χ1v) is 8.46. The highest BCUT2D eigenvalue weighted by Gasteiger charge is 2.30. The van der Waals surface area contributed by atoms with Crippen molar-refractivity contribution >= 4 is 0 Å². The molecule has 2 aromatic carbocycles. The molecule has 1 aliphatic carbocycles. The standard InChI is InChI=1S/C22H24O/c1-2-21(17-9-5-3-6-10-17)22(18-11-7-4-8-12-18)19-13-15-20(23)16-14-19/h3-13,15-16,19,21-23H,2,14H2,1H3. The maximum Gasteiger partial charge on any atom is 0.111 e. The molecule has 0 aromatic heterocycles. The van der Waals surface area contributed by atoms with Crippen molar-refractivity contribution in [3.63, 3.8) is 0 Å². The lowest BCUT2D eigenvalue weighted by atomic mass is 9.71. The van der Waals surface area contributed by atoms with Crippen LogP contribution in [0.25, 0.3) is 0 Å². The van der Waals surface area contributed by atoms with Crippen LogP contribution in [-0.4, -0.2) is 5.11 Å². The molecule has 1 nitrogen and oxygen atoms in total. The average molecular weight is 304 g/mol. The number of aliphatic hydroxyl groups excluding tert-OH is 1. The Morgan fingerprint density at radius 2 is 1.57 bits per heavy atom. The zero-order chi connectivity index (χ0) is 16.1. The SMILES string of the molecule is CCC(c1ccccc1)C(c1ccccc1)C1C=CC(O)=CC1. The number of benzene rings is 2. The molecular weight excluding hydrogens is 280 g/mol. The summed E-state index contributed by atoms with van der Waals surface area (Å²) in [7, 11) is 0. The maximum absolute atomic E-state index is 9.67. The fourth-order valence-electron chi connectivity index (χ4n) is 3.74. The van der Waals surface area contributed by atoms with Gasteiger partial charge in [-0.15, -0.1) is 0 Å². The lowest BCUT2D eigenvalue weighted by molar-refractivity contribution is 0.389. The molecule has 0 amide bonds. The van der Waals surface area contributed by atoms with E-state index in [0.717, 1.165) is 12.8 Å². The summed E-state index contributed by atoms with van der Waals surface area (Å²) in [6, 6.07) is 21.6. The Kier molecular flexibility index (Phi) is 4.97. The van der Waals surface area contributed by atoms with Gasteiger partial charge in [-0.2, -0.15) is 0 Å². The van der Waals surface area contributed by atoms with Gasteiger partial charge < -0.3 is 5.11 Å². The molecule has 3 unspecified atom stereocenters. The predicted octanol–water partition coefficient (Wildman–Crippen LogP) is 5.98. The van der Waals surface area contributed by atoms with Gasteiger partial charge in [-0.25, -0.2) is 0 Å². The van der Waals surface area contributed by atoms with E-state index in [1.165, 1.54) is 11.1 Å². The molecule has 23 heavy (non-hydrogen) atoms. The molecule has 0 spiro atoms. The third kappa shape index (κ3) is 3.56. The van der Waals surface area contributed by atoms with E-state index in [2.05, 4.69) is 73.7 Å². The zero-order valence-electron chi connectivity index (χ0n) is 13.6. The normalized spacial score (nSPS) is 19.9. The molecule has 1 heteroatoms. The Morgan fingerprint density at radius 1 is 0.957 bits per heavy atom. The third-order valence-electron chi connectivity index (χ3n) is 4.86. The third-order valence-corrected chi connectivity index (χ3v) is 4.86. The molecule has 0 fully saturated rings. The van der Waals surface area contributed by atoms with Crippen LogP contribution in [0.5, 0.6) is 0 Å². The molecule has 0 bridgehead atoms. The summed E-state index contributed by atoms with van der Waals surface area (Å²) in [5.74, 6) is 1.70. The summed E-state index contributed by atoms with van der Waals surface area (Å²) in [4.78, 5) is 0. The largest absolute Gasteiger partial charge is 0.508 e. The number of hydrogen-bond donors (Lipinski definition) is 1. The van der Waals surface area contributed by atoms with E-state index in [4.69, 9.17) is 0 Å². The first kappa shape index (κ1) is 15.6. The van der Waals surface area contributed by atoms with Gasteiger partial charge in [0.15, 0.2) is 0 Å². The van der Waals surface area contributed by atoms with Gasteiger partial charge in [0.2, 0.25) is 0 Å². The van der Waals surface area contributed by atoms with Crippen molar-refractivity contribution in [1.82, 2.24) is 0 Å². The molecule has 118 valence electrons. The van der Waals surface area contributed by atoms with Crippen molar-refractivity contribution in [1.29, 1.82) is 0 Å². The van der Waals surface area contributed by atoms with Gasteiger partial charge in [0, 0.05) is 0 Å². The monoisotopic (exact) mass is 304 g/mol. The maximum atomic E-state index is 9.67. The van der Waals surface area contributed by atoms with Crippen LogP contribution >= 0.6 is 0 Å². The highest BCUT2D eigenvalue weighted by Crippen LogP contribution is 2.43. The second kappa shape index (κ2) is 7.32. The Hall–Kier alpha value is -2.28. The highest BCUT2D eigenvalue weighted by atomic mass is 16.3. The number of allylic oxidation sites excluding steroid dienone is 3. The molecule has 3 atom stereocenters. The van der Waals surface area contributed by atoms with Crippen molar-refractivity contribution in [2.24, 2.45) is 5.92 Å². The molecule has 0 saturated carbocycles. The molecule has 0 radical (unpaired) electrons.